The van der Waals surface area contributed by atoms with Crippen LogP contribution in [0.5, 0.6) is 0 Å². The molecule has 10 nitrogen and oxygen atoms in total. The highest BCUT2D eigenvalue weighted by Crippen LogP contribution is 2.50. The Labute approximate surface area is 202 Å². The van der Waals surface area contributed by atoms with Crippen molar-refractivity contribution in [2.45, 2.75) is 81.5 Å². The molecule has 1 aliphatic carbocycles. The van der Waals surface area contributed by atoms with Crippen LogP contribution in [0.15, 0.2) is 23.8 Å². The number of carbonyl (C=O) groups excluding carboxylic acids is 4. The van der Waals surface area contributed by atoms with E-state index in [2.05, 4.69) is 6.58 Å². The number of alkyl halides is 1. The molecule has 3 aliphatic rings. The fourth-order valence-corrected chi connectivity index (χ4v) is 4.37. The molecule has 0 unspecified atom stereocenters. The molecule has 34 heavy (non-hydrogen) atoms. The summed E-state index contributed by atoms with van der Waals surface area (Å²) < 4.78 is 27.4. The molecule has 3 rings (SSSR count). The van der Waals surface area contributed by atoms with Crippen LogP contribution >= 0.6 is 11.6 Å². The van der Waals surface area contributed by atoms with Crippen molar-refractivity contribution in [1.29, 1.82) is 0 Å². The fourth-order valence-electron chi connectivity index (χ4n) is 4.28. The summed E-state index contributed by atoms with van der Waals surface area (Å²) in [5, 5.41) is 9.54. The summed E-state index contributed by atoms with van der Waals surface area (Å²) in [6.07, 6.45) is -2.12. The Morgan fingerprint density at radius 1 is 1.35 bits per heavy atom. The molecule has 0 amide bonds. The minimum atomic E-state index is -2.14. The lowest BCUT2D eigenvalue weighted by Crippen LogP contribution is -2.52. The van der Waals surface area contributed by atoms with Crippen molar-refractivity contribution in [2.24, 2.45) is 5.92 Å². The number of methoxy groups -OCH3 is 1. The fraction of sp³-hybridized carbons (Fsp3) is 0.652. The second kappa shape index (κ2) is 9.31. The molecular formula is C23H29ClO10. The van der Waals surface area contributed by atoms with Crippen LogP contribution in [0.25, 0.3) is 0 Å². The number of allylic oxidation sites excluding steroid dienone is 1. The zero-order valence-corrected chi connectivity index (χ0v) is 20.4. The smallest absolute Gasteiger partial charge is 0.339 e. The van der Waals surface area contributed by atoms with Gasteiger partial charge in [-0.1, -0.05) is 12.7 Å². The van der Waals surface area contributed by atoms with E-state index >= 15 is 0 Å². The first kappa shape index (κ1) is 26.2. The molecule has 2 heterocycles. The van der Waals surface area contributed by atoms with E-state index in [4.69, 9.17) is 35.3 Å². The van der Waals surface area contributed by atoms with Gasteiger partial charge in [0.15, 0.2) is 17.8 Å². The van der Waals surface area contributed by atoms with Crippen LogP contribution in [0.1, 0.15) is 40.5 Å². The van der Waals surface area contributed by atoms with Crippen LogP contribution in [-0.2, 0) is 42.9 Å². The predicted molar refractivity (Wildman–Crippen MR) is 116 cm³/mol. The summed E-state index contributed by atoms with van der Waals surface area (Å²) in [6.45, 7) is 9.30. The van der Waals surface area contributed by atoms with Crippen LogP contribution in [0.2, 0.25) is 0 Å². The topological polar surface area (TPSA) is 138 Å². The van der Waals surface area contributed by atoms with Crippen LogP contribution in [0, 0.1) is 5.92 Å². The van der Waals surface area contributed by atoms with Gasteiger partial charge in [-0.05, 0) is 33.6 Å². The van der Waals surface area contributed by atoms with Crippen molar-refractivity contribution in [3.63, 3.8) is 0 Å². The SMILES string of the molecule is C=C1C(=O)O[C@H]2[C@H]1[C@H](OC(=O)[C@@](C)(O)[C@H](C)Cl)[C@@H](OC(C)=O)/C(C(=O)OC)=C/CC[C@@]1(C)O[C@H]21. The molecule has 0 spiro atoms. The van der Waals surface area contributed by atoms with E-state index < -0.39 is 70.8 Å². The van der Waals surface area contributed by atoms with Crippen LogP contribution in [-0.4, -0.2) is 77.1 Å². The van der Waals surface area contributed by atoms with E-state index in [-0.39, 0.29) is 11.1 Å². The van der Waals surface area contributed by atoms with Gasteiger partial charge in [0.25, 0.3) is 0 Å². The predicted octanol–water partition coefficient (Wildman–Crippen LogP) is 1.36. The lowest BCUT2D eigenvalue weighted by molar-refractivity contribution is -0.184. The molecule has 8 atom stereocenters. The van der Waals surface area contributed by atoms with Crippen LogP contribution < -0.4 is 0 Å². The van der Waals surface area contributed by atoms with Crippen molar-refractivity contribution < 1.29 is 48.0 Å². The van der Waals surface area contributed by atoms with Gasteiger partial charge in [-0.15, -0.1) is 11.6 Å². The molecule has 2 aliphatic heterocycles. The van der Waals surface area contributed by atoms with Crippen molar-refractivity contribution in [3.05, 3.63) is 23.8 Å². The Hall–Kier alpha value is -2.43. The number of epoxide rings is 1. The number of halogens is 1. The van der Waals surface area contributed by atoms with Gasteiger partial charge in [0, 0.05) is 12.5 Å². The van der Waals surface area contributed by atoms with Gasteiger partial charge < -0.3 is 28.8 Å². The molecule has 0 saturated carbocycles. The summed E-state index contributed by atoms with van der Waals surface area (Å²) in [5.41, 5.74) is -2.95. The van der Waals surface area contributed by atoms with Crippen LogP contribution in [0.3, 0.4) is 0 Å². The third kappa shape index (κ3) is 4.71. The van der Waals surface area contributed by atoms with Gasteiger partial charge >= 0.3 is 23.9 Å². The monoisotopic (exact) mass is 500 g/mol. The first-order valence-electron chi connectivity index (χ1n) is 10.8. The molecule has 2 saturated heterocycles. The summed E-state index contributed by atoms with van der Waals surface area (Å²) in [4.78, 5) is 50.3. The quantitative estimate of drug-likeness (QED) is 0.193. The van der Waals surface area contributed by atoms with Gasteiger partial charge in [-0.3, -0.25) is 4.79 Å². The lowest BCUT2D eigenvalue weighted by Gasteiger charge is -2.35. The van der Waals surface area contributed by atoms with E-state index in [1.165, 1.54) is 13.0 Å². The average Bonchev–Trinajstić information content (AvgIpc) is 3.34. The zero-order valence-electron chi connectivity index (χ0n) is 19.7. The maximum absolute atomic E-state index is 13.0. The first-order valence-corrected chi connectivity index (χ1v) is 11.3. The number of esters is 4. The number of hydrogen-bond acceptors (Lipinski definition) is 10. The maximum atomic E-state index is 13.0. The van der Waals surface area contributed by atoms with Gasteiger partial charge in [0.1, 0.15) is 12.2 Å². The van der Waals surface area contributed by atoms with Crippen molar-refractivity contribution in [2.75, 3.05) is 7.11 Å². The Morgan fingerprint density at radius 3 is 2.56 bits per heavy atom. The standard InChI is InChI=1S/C23H29ClO10/c1-10-14-16(33-21(28)23(5,29)11(2)24)15(31-12(3)25)13(20(27)30-6)8-7-9-22(4)18(34-22)17(14)32-19(10)26/h8,11,14-18,29H,1,7,9H2,2-6H3/b13-8-/t11-,14+,15-,16-,17-,18+,22+,23-/m0/s1. The summed E-state index contributed by atoms with van der Waals surface area (Å²) >= 11 is 5.98. The second-order valence-corrected chi connectivity index (χ2v) is 9.78. The van der Waals surface area contributed by atoms with Crippen molar-refractivity contribution in [3.8, 4) is 0 Å². The molecule has 188 valence electrons. The minimum absolute atomic E-state index is 0.0545. The Morgan fingerprint density at radius 2 is 2.00 bits per heavy atom. The Balaban J connectivity index is 2.18. The maximum Gasteiger partial charge on any atom is 0.339 e. The highest BCUT2D eigenvalue weighted by Gasteiger charge is 2.65. The summed E-state index contributed by atoms with van der Waals surface area (Å²) in [5.74, 6) is -4.55. The third-order valence-corrected chi connectivity index (χ3v) is 7.03. The van der Waals surface area contributed by atoms with Crippen LogP contribution in [0.4, 0.5) is 0 Å². The summed E-state index contributed by atoms with van der Waals surface area (Å²) in [6, 6.07) is 0. The average molecular weight is 501 g/mol. The zero-order chi connectivity index (χ0) is 25.6. The van der Waals surface area contributed by atoms with E-state index in [0.29, 0.717) is 12.8 Å². The van der Waals surface area contributed by atoms with Gasteiger partial charge in [0.05, 0.1) is 29.6 Å². The number of hydrogen-bond donors (Lipinski definition) is 1. The largest absolute Gasteiger partial charge is 0.466 e. The Kier molecular flexibility index (Phi) is 7.17. The lowest BCUT2D eigenvalue weighted by atomic mass is 9.80. The number of fused-ring (bicyclic) bond motifs is 3. The molecule has 0 bridgehead atoms. The number of rotatable bonds is 5. The number of aliphatic hydroxyl groups is 1. The molecular weight excluding hydrogens is 472 g/mol. The number of ether oxygens (including phenoxy) is 5. The molecule has 0 aromatic rings. The van der Waals surface area contributed by atoms with Gasteiger partial charge in [-0.2, -0.15) is 0 Å². The molecule has 1 N–H and O–H groups in total. The molecule has 0 aromatic carbocycles. The van der Waals surface area contributed by atoms with E-state index in [1.807, 2.05) is 6.92 Å². The summed E-state index contributed by atoms with van der Waals surface area (Å²) in [7, 11) is 1.15. The molecule has 0 aromatic heterocycles. The highest BCUT2D eigenvalue weighted by molar-refractivity contribution is 6.22. The molecule has 2 fully saturated rings. The van der Waals surface area contributed by atoms with Gasteiger partial charge in [-0.25, -0.2) is 14.4 Å². The van der Waals surface area contributed by atoms with Crippen molar-refractivity contribution in [1.82, 2.24) is 0 Å². The van der Waals surface area contributed by atoms with E-state index in [1.54, 1.807) is 0 Å². The normalized spacial score (nSPS) is 36.9. The minimum Gasteiger partial charge on any atom is -0.466 e. The molecule has 11 heteroatoms. The third-order valence-electron chi connectivity index (χ3n) is 6.61. The van der Waals surface area contributed by atoms with Crippen molar-refractivity contribution >= 4 is 35.5 Å². The number of carbonyl (C=O) groups is 4. The molecule has 0 radical (unpaired) electrons. The Bertz CT molecular complexity index is 938. The highest BCUT2D eigenvalue weighted by atomic mass is 35.5. The van der Waals surface area contributed by atoms with Gasteiger partial charge in [0.2, 0.25) is 0 Å². The first-order chi connectivity index (χ1) is 15.7. The van der Waals surface area contributed by atoms with E-state index in [9.17, 15) is 24.3 Å². The van der Waals surface area contributed by atoms with E-state index in [0.717, 1.165) is 21.0 Å². The second-order valence-electron chi connectivity index (χ2n) is 9.13.